The Morgan fingerprint density at radius 2 is 2.08 bits per heavy atom. The average molecular weight is 356 g/mol. The van der Waals surface area contributed by atoms with Crippen molar-refractivity contribution in [2.75, 3.05) is 26.2 Å². The summed E-state index contributed by atoms with van der Waals surface area (Å²) in [7, 11) is 0. The molecule has 1 N–H and O–H groups in total. The number of benzene rings is 1. The first kappa shape index (κ1) is 17.1. The van der Waals surface area contributed by atoms with Crippen LogP contribution in [0.3, 0.4) is 0 Å². The monoisotopic (exact) mass is 356 g/mol. The van der Waals surface area contributed by atoms with Crippen molar-refractivity contribution in [3.05, 3.63) is 41.7 Å². The Hall–Kier alpha value is -2.32. The van der Waals surface area contributed by atoms with Gasteiger partial charge >= 0.3 is 0 Å². The lowest BCUT2D eigenvalue weighted by Crippen LogP contribution is -2.47. The summed E-state index contributed by atoms with van der Waals surface area (Å²) in [6.45, 7) is 3.90. The second-order valence-electron chi connectivity index (χ2n) is 7.34. The zero-order chi connectivity index (χ0) is 18.0. The van der Waals surface area contributed by atoms with Crippen LogP contribution in [0.5, 0.6) is 0 Å². The maximum atomic E-state index is 12.4. The molecule has 2 aliphatic heterocycles. The van der Waals surface area contributed by atoms with Crippen LogP contribution >= 0.6 is 0 Å². The maximum Gasteiger partial charge on any atom is 0.224 e. The van der Waals surface area contributed by atoms with Crippen LogP contribution in [-0.4, -0.2) is 72.8 Å². The van der Waals surface area contributed by atoms with Gasteiger partial charge in [0.15, 0.2) is 0 Å². The summed E-state index contributed by atoms with van der Waals surface area (Å²) in [5.74, 6) is 0.0421. The highest BCUT2D eigenvalue weighted by Gasteiger charge is 2.39. The van der Waals surface area contributed by atoms with Crippen LogP contribution in [0.4, 0.5) is 0 Å². The Labute approximate surface area is 152 Å². The van der Waals surface area contributed by atoms with E-state index < -0.39 is 5.60 Å². The van der Waals surface area contributed by atoms with Gasteiger partial charge in [-0.1, -0.05) is 24.3 Å². The van der Waals surface area contributed by atoms with Gasteiger partial charge in [-0.25, -0.2) is 4.68 Å². The van der Waals surface area contributed by atoms with Gasteiger partial charge in [-0.15, -0.1) is 5.10 Å². The Morgan fingerprint density at radius 1 is 1.23 bits per heavy atom. The Morgan fingerprint density at radius 3 is 2.88 bits per heavy atom. The molecule has 1 amide bonds. The lowest BCUT2D eigenvalue weighted by molar-refractivity contribution is -0.131. The second-order valence-corrected chi connectivity index (χ2v) is 7.34. The van der Waals surface area contributed by atoms with Crippen molar-refractivity contribution in [1.29, 1.82) is 0 Å². The molecule has 1 saturated heterocycles. The molecule has 4 rings (SSSR count). The highest BCUT2D eigenvalue weighted by atomic mass is 16.3. The number of aliphatic hydroxyl groups is 1. The highest BCUT2D eigenvalue weighted by Crippen LogP contribution is 2.26. The van der Waals surface area contributed by atoms with Gasteiger partial charge in [0.25, 0.3) is 0 Å². The summed E-state index contributed by atoms with van der Waals surface area (Å²) in [4.78, 5) is 16.5. The lowest BCUT2D eigenvalue weighted by Gasteiger charge is -2.34. The number of β-amino-alcohol motifs (C(OH)–C–C–N with tert-alkyl or cyclic N) is 1. The average Bonchev–Trinajstić information content (AvgIpc) is 3.29. The van der Waals surface area contributed by atoms with Crippen LogP contribution in [-0.2, 0) is 24.3 Å². The molecule has 26 heavy (non-hydrogen) atoms. The van der Waals surface area contributed by atoms with Crippen LogP contribution in [0.2, 0.25) is 0 Å². The molecule has 8 heteroatoms. The van der Waals surface area contributed by atoms with E-state index in [0.717, 1.165) is 19.5 Å². The number of rotatable bonds is 5. The molecule has 2 aliphatic rings. The topological polar surface area (TPSA) is 87.4 Å². The number of aromatic nitrogens is 4. The molecule has 1 unspecified atom stereocenters. The van der Waals surface area contributed by atoms with Crippen molar-refractivity contribution in [3.63, 3.8) is 0 Å². The number of hydrogen-bond acceptors (Lipinski definition) is 6. The van der Waals surface area contributed by atoms with Crippen LogP contribution < -0.4 is 0 Å². The second kappa shape index (κ2) is 7.13. The standard InChI is InChI=1S/C18H24N6O2/c25-17(6-9-24-14-19-20-21-24)23-10-7-18(26,13-23)12-22-8-5-15-3-1-2-4-16(15)11-22/h1-4,14,26H,5-13H2. The van der Waals surface area contributed by atoms with Crippen molar-refractivity contribution in [1.82, 2.24) is 30.0 Å². The largest absolute Gasteiger partial charge is 0.387 e. The first-order valence-corrected chi connectivity index (χ1v) is 9.11. The van der Waals surface area contributed by atoms with Gasteiger partial charge in [0.05, 0.1) is 18.7 Å². The predicted molar refractivity (Wildman–Crippen MR) is 94.0 cm³/mol. The van der Waals surface area contributed by atoms with E-state index in [9.17, 15) is 9.90 Å². The molecule has 2 aromatic rings. The summed E-state index contributed by atoms with van der Waals surface area (Å²) in [6.07, 6.45) is 3.49. The first-order chi connectivity index (χ1) is 12.6. The summed E-state index contributed by atoms with van der Waals surface area (Å²) in [5.41, 5.74) is 1.92. The summed E-state index contributed by atoms with van der Waals surface area (Å²) < 4.78 is 1.55. The van der Waals surface area contributed by atoms with Crippen LogP contribution in [0.1, 0.15) is 24.0 Å². The molecule has 0 saturated carbocycles. The van der Waals surface area contributed by atoms with Crippen LogP contribution in [0.25, 0.3) is 0 Å². The van der Waals surface area contributed by atoms with Gasteiger partial charge in [0, 0.05) is 32.6 Å². The Balaban J connectivity index is 1.30. The van der Waals surface area contributed by atoms with E-state index in [1.807, 2.05) is 0 Å². The molecular weight excluding hydrogens is 332 g/mol. The molecule has 1 aromatic carbocycles. The smallest absolute Gasteiger partial charge is 0.224 e. The van der Waals surface area contributed by atoms with Crippen LogP contribution in [0, 0.1) is 0 Å². The molecule has 1 atom stereocenters. The molecule has 138 valence electrons. The number of tetrazole rings is 1. The molecule has 0 radical (unpaired) electrons. The number of likely N-dealkylation sites (tertiary alicyclic amines) is 1. The van der Waals surface area contributed by atoms with E-state index in [0.29, 0.717) is 39.0 Å². The third-order valence-corrected chi connectivity index (χ3v) is 5.36. The minimum atomic E-state index is -0.823. The Bertz CT molecular complexity index is 765. The summed E-state index contributed by atoms with van der Waals surface area (Å²) in [6, 6.07) is 8.49. The number of aryl methyl sites for hydroxylation is 1. The maximum absolute atomic E-state index is 12.4. The van der Waals surface area contributed by atoms with Gasteiger partial charge in [-0.05, 0) is 34.4 Å². The van der Waals surface area contributed by atoms with Gasteiger partial charge < -0.3 is 10.0 Å². The number of amides is 1. The zero-order valence-electron chi connectivity index (χ0n) is 14.8. The fourth-order valence-electron chi connectivity index (χ4n) is 3.95. The van der Waals surface area contributed by atoms with Crippen molar-refractivity contribution in [2.24, 2.45) is 0 Å². The number of carbonyl (C=O) groups excluding carboxylic acids is 1. The zero-order valence-corrected chi connectivity index (χ0v) is 14.8. The van der Waals surface area contributed by atoms with Crippen molar-refractivity contribution in [3.8, 4) is 0 Å². The number of hydrogen-bond donors (Lipinski definition) is 1. The molecule has 0 spiro atoms. The molecule has 0 bridgehead atoms. The van der Waals surface area contributed by atoms with E-state index in [-0.39, 0.29) is 5.91 Å². The summed E-state index contributed by atoms with van der Waals surface area (Å²) in [5, 5.41) is 21.9. The van der Waals surface area contributed by atoms with Gasteiger partial charge in [-0.3, -0.25) is 9.69 Å². The molecule has 8 nitrogen and oxygen atoms in total. The van der Waals surface area contributed by atoms with Gasteiger partial charge in [-0.2, -0.15) is 0 Å². The molecule has 0 aliphatic carbocycles. The van der Waals surface area contributed by atoms with Crippen LogP contribution in [0.15, 0.2) is 30.6 Å². The molecule has 3 heterocycles. The van der Waals surface area contributed by atoms with Crippen molar-refractivity contribution < 1.29 is 9.90 Å². The van der Waals surface area contributed by atoms with E-state index in [1.165, 1.54) is 17.5 Å². The lowest BCUT2D eigenvalue weighted by atomic mass is 9.97. The van der Waals surface area contributed by atoms with Crippen molar-refractivity contribution >= 4 is 5.91 Å². The van der Waals surface area contributed by atoms with E-state index >= 15 is 0 Å². The molecule has 1 aromatic heterocycles. The predicted octanol–water partition coefficient (Wildman–Crippen LogP) is 0.0849. The normalized spacial score (nSPS) is 23.2. The fourth-order valence-corrected chi connectivity index (χ4v) is 3.95. The minimum absolute atomic E-state index is 0.0421. The van der Waals surface area contributed by atoms with E-state index in [1.54, 1.807) is 9.58 Å². The third-order valence-electron chi connectivity index (χ3n) is 5.36. The van der Waals surface area contributed by atoms with Gasteiger partial charge in [0.2, 0.25) is 5.91 Å². The quantitative estimate of drug-likeness (QED) is 0.817. The van der Waals surface area contributed by atoms with Crippen molar-refractivity contribution in [2.45, 2.75) is 38.0 Å². The third kappa shape index (κ3) is 3.76. The van der Waals surface area contributed by atoms with E-state index in [4.69, 9.17) is 0 Å². The minimum Gasteiger partial charge on any atom is -0.387 e. The first-order valence-electron chi connectivity index (χ1n) is 9.11. The summed E-state index contributed by atoms with van der Waals surface area (Å²) >= 11 is 0. The SMILES string of the molecule is O=C(CCn1cnnn1)N1CCC(O)(CN2CCc3ccccc3C2)C1. The molecule has 1 fully saturated rings. The van der Waals surface area contributed by atoms with Gasteiger partial charge in [0.1, 0.15) is 6.33 Å². The number of carbonyl (C=O) groups is 1. The fraction of sp³-hybridized carbons (Fsp3) is 0.556. The Kier molecular flexibility index (Phi) is 4.69. The van der Waals surface area contributed by atoms with E-state index in [2.05, 4.69) is 44.7 Å². The highest BCUT2D eigenvalue weighted by molar-refractivity contribution is 5.76. The number of fused-ring (bicyclic) bond motifs is 1. The number of nitrogens with zero attached hydrogens (tertiary/aromatic N) is 6. The molecular formula is C18H24N6O2.